The zero-order chi connectivity index (χ0) is 12.8. The second-order valence-corrected chi connectivity index (χ2v) is 4.30. The molecule has 0 atom stereocenters. The molecule has 6 heteroatoms. The zero-order valence-electron chi connectivity index (χ0n) is 9.20. The first kappa shape index (κ1) is 13.9. The molecule has 2 N–H and O–H groups in total. The van der Waals surface area contributed by atoms with Gasteiger partial charge in [0, 0.05) is 17.2 Å². The number of aromatic carboxylic acids is 1. The van der Waals surface area contributed by atoms with E-state index in [1.165, 1.54) is 6.07 Å². The molecule has 1 aromatic rings. The summed E-state index contributed by atoms with van der Waals surface area (Å²) in [6, 6.07) is 4.61. The fraction of sp³-hybridized carbons (Fsp3) is 0.273. The molecule has 0 fully saturated rings. The van der Waals surface area contributed by atoms with Crippen LogP contribution in [0.1, 0.15) is 20.7 Å². The van der Waals surface area contributed by atoms with Gasteiger partial charge in [-0.05, 0) is 34.7 Å². The zero-order valence-corrected chi connectivity index (χ0v) is 11.4. The Morgan fingerprint density at radius 1 is 1.41 bits per heavy atom. The first-order valence-corrected chi connectivity index (χ1v) is 5.94. The molecular weight excluding hydrogens is 337 g/mol. The van der Waals surface area contributed by atoms with Crippen molar-refractivity contribution in [3.63, 3.8) is 0 Å². The van der Waals surface area contributed by atoms with E-state index in [0.717, 1.165) is 0 Å². The first-order chi connectivity index (χ1) is 8.07. The third kappa shape index (κ3) is 3.67. The van der Waals surface area contributed by atoms with Gasteiger partial charge < -0.3 is 15.2 Å². The molecule has 0 aliphatic carbocycles. The summed E-state index contributed by atoms with van der Waals surface area (Å²) in [5.41, 5.74) is 0.492. The number of hydrogen-bond acceptors (Lipinski definition) is 3. The Balaban J connectivity index is 2.87. The minimum atomic E-state index is -1.04. The number of halogens is 1. The molecule has 1 aromatic carbocycles. The van der Waals surface area contributed by atoms with Gasteiger partial charge in [0.05, 0.1) is 17.7 Å². The minimum Gasteiger partial charge on any atom is -0.478 e. The molecule has 5 nitrogen and oxygen atoms in total. The van der Waals surface area contributed by atoms with Crippen molar-refractivity contribution >= 4 is 34.5 Å². The molecule has 17 heavy (non-hydrogen) atoms. The van der Waals surface area contributed by atoms with Crippen LogP contribution in [0.25, 0.3) is 0 Å². The van der Waals surface area contributed by atoms with E-state index in [4.69, 9.17) is 9.84 Å². The summed E-state index contributed by atoms with van der Waals surface area (Å²) in [6.45, 7) is 0.809. The van der Waals surface area contributed by atoms with Gasteiger partial charge in [-0.25, -0.2) is 4.79 Å². The molecule has 0 aliphatic heterocycles. The Labute approximate surface area is 112 Å². The summed E-state index contributed by atoms with van der Waals surface area (Å²) in [4.78, 5) is 22.7. The summed E-state index contributed by atoms with van der Waals surface area (Å²) >= 11 is 1.86. The van der Waals surface area contributed by atoms with Crippen LogP contribution in [0.5, 0.6) is 0 Å². The smallest absolute Gasteiger partial charge is 0.336 e. The molecule has 0 spiro atoms. The highest BCUT2D eigenvalue weighted by atomic mass is 127. The van der Waals surface area contributed by atoms with Crippen LogP contribution in [-0.2, 0) is 4.74 Å². The molecule has 1 amide bonds. The summed E-state index contributed by atoms with van der Waals surface area (Å²) in [5, 5.41) is 11.6. The van der Waals surface area contributed by atoms with Crippen LogP contribution in [0.15, 0.2) is 18.2 Å². The Hall–Kier alpha value is -1.15. The van der Waals surface area contributed by atoms with Gasteiger partial charge in [0.2, 0.25) is 0 Å². The van der Waals surface area contributed by atoms with Crippen molar-refractivity contribution in [1.29, 1.82) is 0 Å². The lowest BCUT2D eigenvalue weighted by atomic mass is 10.1. The number of benzene rings is 1. The Morgan fingerprint density at radius 2 is 2.06 bits per heavy atom. The summed E-state index contributed by atoms with van der Waals surface area (Å²) in [5.74, 6) is -1.34. The number of nitrogens with one attached hydrogen (secondary N) is 1. The van der Waals surface area contributed by atoms with Crippen LogP contribution < -0.4 is 5.32 Å². The second kappa shape index (κ2) is 6.55. The van der Waals surface area contributed by atoms with Gasteiger partial charge in [-0.15, -0.1) is 0 Å². The number of carbonyl (C=O) groups excluding carboxylic acids is 1. The molecular formula is C11H12INO4. The molecule has 0 saturated heterocycles. The number of carbonyl (C=O) groups is 2. The Bertz CT molecular complexity index is 433. The SMILES string of the molecule is COCCNC(=O)c1cccc(C(=O)O)c1I. The van der Waals surface area contributed by atoms with Crippen LogP contribution in [-0.4, -0.2) is 37.2 Å². The van der Waals surface area contributed by atoms with Crippen molar-refractivity contribution in [1.82, 2.24) is 5.32 Å². The van der Waals surface area contributed by atoms with E-state index >= 15 is 0 Å². The van der Waals surface area contributed by atoms with E-state index in [9.17, 15) is 9.59 Å². The van der Waals surface area contributed by atoms with Gasteiger partial charge >= 0.3 is 5.97 Å². The van der Waals surface area contributed by atoms with Crippen molar-refractivity contribution in [2.45, 2.75) is 0 Å². The summed E-state index contributed by atoms with van der Waals surface area (Å²) in [7, 11) is 1.54. The number of carboxylic acids is 1. The van der Waals surface area contributed by atoms with E-state index < -0.39 is 5.97 Å². The number of amides is 1. The number of methoxy groups -OCH3 is 1. The van der Waals surface area contributed by atoms with Crippen molar-refractivity contribution in [2.24, 2.45) is 0 Å². The van der Waals surface area contributed by atoms with E-state index in [1.807, 2.05) is 22.6 Å². The topological polar surface area (TPSA) is 75.6 Å². The standard InChI is InChI=1S/C11H12INO4/c1-17-6-5-13-10(14)7-3-2-4-8(9(7)12)11(15)16/h2-4H,5-6H2,1H3,(H,13,14)(H,15,16). The predicted octanol–water partition coefficient (Wildman–Crippen LogP) is 1.37. The summed E-state index contributed by atoms with van der Waals surface area (Å²) in [6.07, 6.45) is 0. The third-order valence-corrected chi connectivity index (χ3v) is 3.23. The molecule has 92 valence electrons. The Kier molecular flexibility index (Phi) is 5.36. The van der Waals surface area contributed by atoms with Gasteiger partial charge in [-0.1, -0.05) is 6.07 Å². The first-order valence-electron chi connectivity index (χ1n) is 4.87. The largest absolute Gasteiger partial charge is 0.478 e. The maximum absolute atomic E-state index is 11.8. The van der Waals surface area contributed by atoms with Crippen molar-refractivity contribution in [3.8, 4) is 0 Å². The van der Waals surface area contributed by atoms with Gasteiger partial charge in [-0.3, -0.25) is 4.79 Å². The predicted molar refractivity (Wildman–Crippen MR) is 70.3 cm³/mol. The van der Waals surface area contributed by atoms with Crippen LogP contribution in [0, 0.1) is 3.57 Å². The average Bonchev–Trinajstić information content (AvgIpc) is 2.29. The van der Waals surface area contributed by atoms with Crippen LogP contribution >= 0.6 is 22.6 Å². The number of rotatable bonds is 5. The highest BCUT2D eigenvalue weighted by Crippen LogP contribution is 2.17. The molecule has 0 unspecified atom stereocenters. The van der Waals surface area contributed by atoms with Gasteiger partial charge in [-0.2, -0.15) is 0 Å². The van der Waals surface area contributed by atoms with Crippen LogP contribution in [0.4, 0.5) is 0 Å². The fourth-order valence-electron chi connectivity index (χ4n) is 1.23. The van der Waals surface area contributed by atoms with Crippen molar-refractivity contribution < 1.29 is 19.4 Å². The van der Waals surface area contributed by atoms with Gasteiger partial charge in [0.25, 0.3) is 5.91 Å². The highest BCUT2D eigenvalue weighted by molar-refractivity contribution is 14.1. The monoisotopic (exact) mass is 349 g/mol. The number of carboxylic acid groups (broad SMARTS) is 1. The molecule has 1 rings (SSSR count). The molecule has 0 radical (unpaired) electrons. The van der Waals surface area contributed by atoms with E-state index in [2.05, 4.69) is 5.32 Å². The van der Waals surface area contributed by atoms with Gasteiger partial charge in [0.1, 0.15) is 0 Å². The molecule has 0 heterocycles. The minimum absolute atomic E-state index is 0.130. The summed E-state index contributed by atoms with van der Waals surface area (Å²) < 4.78 is 5.25. The van der Waals surface area contributed by atoms with E-state index in [0.29, 0.717) is 22.3 Å². The highest BCUT2D eigenvalue weighted by Gasteiger charge is 2.15. The fourth-order valence-corrected chi connectivity index (χ4v) is 2.07. The third-order valence-electron chi connectivity index (χ3n) is 2.07. The second-order valence-electron chi connectivity index (χ2n) is 3.22. The lowest BCUT2D eigenvalue weighted by Gasteiger charge is -2.08. The van der Waals surface area contributed by atoms with E-state index in [-0.39, 0.29) is 11.5 Å². The quantitative estimate of drug-likeness (QED) is 0.622. The number of hydrogen-bond donors (Lipinski definition) is 2. The molecule has 0 saturated carbocycles. The maximum Gasteiger partial charge on any atom is 0.336 e. The van der Waals surface area contributed by atoms with Crippen molar-refractivity contribution in [3.05, 3.63) is 32.9 Å². The Morgan fingerprint density at radius 3 is 2.65 bits per heavy atom. The van der Waals surface area contributed by atoms with Crippen LogP contribution in [0.3, 0.4) is 0 Å². The molecule has 0 bridgehead atoms. The van der Waals surface area contributed by atoms with Crippen LogP contribution in [0.2, 0.25) is 0 Å². The average molecular weight is 349 g/mol. The van der Waals surface area contributed by atoms with Gasteiger partial charge in [0.15, 0.2) is 0 Å². The van der Waals surface area contributed by atoms with E-state index in [1.54, 1.807) is 19.2 Å². The molecule has 0 aromatic heterocycles. The normalized spacial score (nSPS) is 10.0. The molecule has 0 aliphatic rings. The maximum atomic E-state index is 11.8. The lowest BCUT2D eigenvalue weighted by molar-refractivity contribution is 0.0695. The number of ether oxygens (including phenoxy) is 1. The van der Waals surface area contributed by atoms with Crippen molar-refractivity contribution in [2.75, 3.05) is 20.3 Å². The lowest BCUT2D eigenvalue weighted by Crippen LogP contribution is -2.28.